The summed E-state index contributed by atoms with van der Waals surface area (Å²) in [5, 5.41) is 3.32. The van der Waals surface area contributed by atoms with Crippen LogP contribution in [0.3, 0.4) is 0 Å². The summed E-state index contributed by atoms with van der Waals surface area (Å²) in [4.78, 5) is 12.2. The molecule has 0 aromatic rings. The summed E-state index contributed by atoms with van der Waals surface area (Å²) in [6.07, 6.45) is 1.62. The Balaban J connectivity index is 4.55. The quantitative estimate of drug-likeness (QED) is 0.662. The summed E-state index contributed by atoms with van der Waals surface area (Å²) in [6, 6.07) is 0.209. The Labute approximate surface area is 131 Å². The van der Waals surface area contributed by atoms with Crippen LogP contribution in [0.2, 0.25) is 0 Å². The van der Waals surface area contributed by atoms with Crippen molar-refractivity contribution in [1.29, 1.82) is 0 Å². The van der Waals surface area contributed by atoms with Gasteiger partial charge in [0.2, 0.25) is 0 Å². The molecule has 4 nitrogen and oxygen atoms in total. The number of ether oxygens (including phenoxy) is 2. The Bertz CT molecular complexity index is 310. The van der Waals surface area contributed by atoms with Crippen molar-refractivity contribution < 1.29 is 14.3 Å². The van der Waals surface area contributed by atoms with Crippen molar-refractivity contribution in [2.75, 3.05) is 13.2 Å². The molecule has 0 amide bonds. The van der Waals surface area contributed by atoms with Crippen LogP contribution in [-0.2, 0) is 14.3 Å². The molecular formula is C17H35NO3. The van der Waals surface area contributed by atoms with E-state index in [2.05, 4.69) is 26.1 Å². The molecule has 0 saturated carbocycles. The fourth-order valence-electron chi connectivity index (χ4n) is 2.33. The molecule has 0 radical (unpaired) electrons. The highest BCUT2D eigenvalue weighted by Crippen LogP contribution is 2.21. The van der Waals surface area contributed by atoms with Crippen LogP contribution in [0.25, 0.3) is 0 Å². The zero-order chi connectivity index (χ0) is 16.7. The van der Waals surface area contributed by atoms with Crippen molar-refractivity contribution in [3.63, 3.8) is 0 Å². The van der Waals surface area contributed by atoms with Crippen molar-refractivity contribution >= 4 is 5.97 Å². The van der Waals surface area contributed by atoms with E-state index in [1.807, 2.05) is 34.6 Å². The molecule has 126 valence electrons. The number of rotatable bonds is 9. The van der Waals surface area contributed by atoms with Gasteiger partial charge in [0, 0.05) is 19.1 Å². The van der Waals surface area contributed by atoms with Gasteiger partial charge in [-0.1, -0.05) is 20.8 Å². The zero-order valence-electron chi connectivity index (χ0n) is 15.2. The van der Waals surface area contributed by atoms with E-state index in [0.29, 0.717) is 19.6 Å². The molecule has 0 saturated heterocycles. The van der Waals surface area contributed by atoms with Gasteiger partial charge in [-0.3, -0.25) is 10.1 Å². The molecule has 0 aliphatic rings. The number of esters is 1. The first-order valence-corrected chi connectivity index (χ1v) is 8.06. The molecule has 21 heavy (non-hydrogen) atoms. The molecule has 0 aromatic carbocycles. The molecule has 0 spiro atoms. The highest BCUT2D eigenvalue weighted by molar-refractivity contribution is 5.80. The van der Waals surface area contributed by atoms with Gasteiger partial charge in [-0.15, -0.1) is 0 Å². The van der Waals surface area contributed by atoms with Gasteiger partial charge in [0.15, 0.2) is 0 Å². The standard InChI is InChI=1S/C17H35NO3/c1-9-20-15(19)17(8,18-13(2)3)12-14(4)21-11-10-16(5,6)7/h13-14,18H,9-12H2,1-8H3. The van der Waals surface area contributed by atoms with E-state index in [0.717, 1.165) is 6.42 Å². The van der Waals surface area contributed by atoms with Crippen LogP contribution < -0.4 is 5.32 Å². The topological polar surface area (TPSA) is 47.6 Å². The summed E-state index contributed by atoms with van der Waals surface area (Å²) in [5.74, 6) is -0.204. The summed E-state index contributed by atoms with van der Waals surface area (Å²) < 4.78 is 11.1. The third-order valence-corrected chi connectivity index (χ3v) is 3.28. The Hall–Kier alpha value is -0.610. The molecule has 4 heteroatoms. The summed E-state index contributed by atoms with van der Waals surface area (Å²) in [7, 11) is 0. The lowest BCUT2D eigenvalue weighted by Crippen LogP contribution is -2.54. The Morgan fingerprint density at radius 3 is 2.14 bits per heavy atom. The van der Waals surface area contributed by atoms with Gasteiger partial charge in [-0.05, 0) is 46.5 Å². The minimum Gasteiger partial charge on any atom is -0.465 e. The van der Waals surface area contributed by atoms with Gasteiger partial charge in [0.1, 0.15) is 5.54 Å². The van der Waals surface area contributed by atoms with E-state index >= 15 is 0 Å². The zero-order valence-corrected chi connectivity index (χ0v) is 15.2. The monoisotopic (exact) mass is 301 g/mol. The lowest BCUT2D eigenvalue weighted by molar-refractivity contribution is -0.152. The van der Waals surface area contributed by atoms with Gasteiger partial charge in [0.05, 0.1) is 12.7 Å². The maximum absolute atomic E-state index is 12.2. The van der Waals surface area contributed by atoms with Crippen molar-refractivity contribution in [2.24, 2.45) is 5.41 Å². The molecule has 0 aliphatic carbocycles. The molecule has 0 aromatic heterocycles. The van der Waals surface area contributed by atoms with Crippen molar-refractivity contribution in [3.8, 4) is 0 Å². The Morgan fingerprint density at radius 1 is 1.14 bits per heavy atom. The van der Waals surface area contributed by atoms with Gasteiger partial charge in [-0.25, -0.2) is 0 Å². The number of hydrogen-bond donors (Lipinski definition) is 1. The smallest absolute Gasteiger partial charge is 0.326 e. The van der Waals surface area contributed by atoms with E-state index in [1.54, 1.807) is 0 Å². The number of carbonyl (C=O) groups is 1. The predicted octanol–water partition coefficient (Wildman–Crippen LogP) is 3.54. The largest absolute Gasteiger partial charge is 0.465 e. The molecule has 0 fully saturated rings. The maximum atomic E-state index is 12.2. The molecule has 2 atom stereocenters. The minimum atomic E-state index is -0.703. The summed E-state index contributed by atoms with van der Waals surface area (Å²) >= 11 is 0. The number of hydrogen-bond acceptors (Lipinski definition) is 4. The fraction of sp³-hybridized carbons (Fsp3) is 0.941. The van der Waals surface area contributed by atoms with Crippen LogP contribution >= 0.6 is 0 Å². The second kappa shape index (κ2) is 8.74. The van der Waals surface area contributed by atoms with Crippen molar-refractivity contribution in [3.05, 3.63) is 0 Å². The first-order valence-electron chi connectivity index (χ1n) is 8.06. The predicted molar refractivity (Wildman–Crippen MR) is 87.4 cm³/mol. The third kappa shape index (κ3) is 9.10. The molecule has 0 bridgehead atoms. The third-order valence-electron chi connectivity index (χ3n) is 3.28. The Kier molecular flexibility index (Phi) is 8.49. The summed E-state index contributed by atoms with van der Waals surface area (Å²) in [6.45, 7) is 17.5. The normalized spacial score (nSPS) is 16.6. The second-order valence-electron chi connectivity index (χ2n) is 7.55. The average Bonchev–Trinajstić information content (AvgIpc) is 2.25. The van der Waals surface area contributed by atoms with E-state index in [-0.39, 0.29) is 23.5 Å². The van der Waals surface area contributed by atoms with Crippen LogP contribution in [0, 0.1) is 5.41 Å². The second-order valence-corrected chi connectivity index (χ2v) is 7.55. The summed E-state index contributed by atoms with van der Waals surface area (Å²) in [5.41, 5.74) is -0.439. The lowest BCUT2D eigenvalue weighted by Gasteiger charge is -2.33. The van der Waals surface area contributed by atoms with Crippen molar-refractivity contribution in [1.82, 2.24) is 5.32 Å². The average molecular weight is 301 g/mol. The van der Waals surface area contributed by atoms with E-state index < -0.39 is 5.54 Å². The molecule has 1 N–H and O–H groups in total. The van der Waals surface area contributed by atoms with Crippen LogP contribution in [0.1, 0.15) is 68.2 Å². The molecule has 0 heterocycles. The molecule has 2 unspecified atom stereocenters. The minimum absolute atomic E-state index is 0.00741. The lowest BCUT2D eigenvalue weighted by atomic mass is 9.92. The van der Waals surface area contributed by atoms with Crippen LogP contribution in [-0.4, -0.2) is 36.9 Å². The van der Waals surface area contributed by atoms with E-state index in [9.17, 15) is 4.79 Å². The molecule has 0 aliphatic heterocycles. The fourth-order valence-corrected chi connectivity index (χ4v) is 2.33. The first kappa shape index (κ1) is 20.4. The van der Waals surface area contributed by atoms with Crippen LogP contribution in [0.15, 0.2) is 0 Å². The van der Waals surface area contributed by atoms with Crippen LogP contribution in [0.5, 0.6) is 0 Å². The van der Waals surface area contributed by atoms with E-state index in [4.69, 9.17) is 9.47 Å². The van der Waals surface area contributed by atoms with Crippen molar-refractivity contribution in [2.45, 2.75) is 85.9 Å². The highest BCUT2D eigenvalue weighted by atomic mass is 16.5. The van der Waals surface area contributed by atoms with E-state index in [1.165, 1.54) is 0 Å². The molecule has 0 rings (SSSR count). The SMILES string of the molecule is CCOC(=O)C(C)(CC(C)OCCC(C)(C)C)NC(C)C. The number of carbonyl (C=O) groups excluding carboxylic acids is 1. The first-order chi connectivity index (χ1) is 9.50. The Morgan fingerprint density at radius 2 is 1.71 bits per heavy atom. The highest BCUT2D eigenvalue weighted by Gasteiger charge is 2.36. The maximum Gasteiger partial charge on any atom is 0.326 e. The molecular weight excluding hydrogens is 266 g/mol. The van der Waals surface area contributed by atoms with Gasteiger partial charge in [0.25, 0.3) is 0 Å². The number of nitrogens with one attached hydrogen (secondary N) is 1. The van der Waals surface area contributed by atoms with Gasteiger partial charge in [-0.2, -0.15) is 0 Å². The van der Waals surface area contributed by atoms with Gasteiger partial charge >= 0.3 is 5.97 Å². The van der Waals surface area contributed by atoms with Crippen LogP contribution in [0.4, 0.5) is 0 Å². The van der Waals surface area contributed by atoms with Gasteiger partial charge < -0.3 is 9.47 Å².